The zero-order chi connectivity index (χ0) is 17.0. The van der Waals surface area contributed by atoms with E-state index in [0.717, 1.165) is 32.0 Å². The van der Waals surface area contributed by atoms with Gasteiger partial charge in [-0.25, -0.2) is 23.4 Å². The Morgan fingerprint density at radius 2 is 1.71 bits per heavy atom. The molecule has 0 unspecified atom stereocenters. The lowest BCUT2D eigenvalue weighted by Crippen LogP contribution is -2.47. The van der Waals surface area contributed by atoms with Crippen LogP contribution in [0.3, 0.4) is 0 Å². The number of nitrogens with zero attached hydrogens (tertiary/aromatic N) is 5. The van der Waals surface area contributed by atoms with E-state index >= 15 is 0 Å². The third kappa shape index (κ3) is 3.91. The smallest absolute Gasteiger partial charge is 0.232 e. The van der Waals surface area contributed by atoms with Crippen molar-refractivity contribution in [3.63, 3.8) is 0 Å². The number of hydrogen-bond donors (Lipinski definition) is 1. The van der Waals surface area contributed by atoms with E-state index in [2.05, 4.69) is 29.5 Å². The third-order valence-corrected chi connectivity index (χ3v) is 5.13. The Labute approximate surface area is 141 Å². The van der Waals surface area contributed by atoms with Crippen LogP contribution < -0.4 is 14.5 Å². The predicted octanol–water partition coefficient (Wildman–Crippen LogP) is 0.960. The van der Waals surface area contributed by atoms with Crippen LogP contribution in [0.5, 0.6) is 0 Å². The van der Waals surface area contributed by atoms with E-state index < -0.39 is 10.0 Å². The second kappa shape index (κ2) is 7.00. The molecular weight excluding hydrogens is 328 g/mol. The molecule has 1 N–H and O–H groups in total. The summed E-state index contributed by atoms with van der Waals surface area (Å²) in [6, 6.07) is 5.89. The van der Waals surface area contributed by atoms with Crippen LogP contribution in [0.25, 0.3) is 0 Å². The maximum Gasteiger partial charge on any atom is 0.232 e. The van der Waals surface area contributed by atoms with Gasteiger partial charge in [-0.1, -0.05) is 6.07 Å². The summed E-state index contributed by atoms with van der Waals surface area (Å²) in [5.74, 6) is 1.60. The van der Waals surface area contributed by atoms with E-state index in [4.69, 9.17) is 0 Å². The zero-order valence-electron chi connectivity index (χ0n) is 13.5. The first-order valence-electron chi connectivity index (χ1n) is 7.81. The van der Waals surface area contributed by atoms with Crippen LogP contribution in [-0.2, 0) is 10.0 Å². The van der Waals surface area contributed by atoms with E-state index in [-0.39, 0.29) is 5.75 Å². The highest BCUT2D eigenvalue weighted by atomic mass is 32.2. The Morgan fingerprint density at radius 3 is 2.29 bits per heavy atom. The minimum absolute atomic E-state index is 0.0181. The Morgan fingerprint density at radius 1 is 1.04 bits per heavy atom. The van der Waals surface area contributed by atoms with Gasteiger partial charge in [-0.3, -0.25) is 4.72 Å². The first-order valence-corrected chi connectivity index (χ1v) is 9.46. The molecule has 0 atom stereocenters. The van der Waals surface area contributed by atoms with Gasteiger partial charge in [0.05, 0.1) is 23.8 Å². The number of rotatable bonds is 5. The minimum Gasteiger partial charge on any atom is -0.353 e. The van der Waals surface area contributed by atoms with Gasteiger partial charge in [0.1, 0.15) is 5.82 Å². The average molecular weight is 348 g/mol. The number of sulfonamides is 1. The van der Waals surface area contributed by atoms with Crippen molar-refractivity contribution in [2.45, 2.75) is 6.92 Å². The molecule has 0 aromatic carbocycles. The molecule has 128 valence electrons. The Kier molecular flexibility index (Phi) is 4.79. The maximum absolute atomic E-state index is 11.5. The molecule has 3 rings (SSSR count). The highest BCUT2D eigenvalue weighted by Gasteiger charge is 2.19. The van der Waals surface area contributed by atoms with Gasteiger partial charge in [0.25, 0.3) is 0 Å². The van der Waals surface area contributed by atoms with E-state index in [1.165, 1.54) is 12.4 Å². The molecule has 0 radical (unpaired) electrons. The van der Waals surface area contributed by atoms with Crippen molar-refractivity contribution >= 4 is 27.5 Å². The summed E-state index contributed by atoms with van der Waals surface area (Å²) in [7, 11) is -3.31. The molecule has 1 fully saturated rings. The van der Waals surface area contributed by atoms with Crippen LogP contribution >= 0.6 is 0 Å². The van der Waals surface area contributed by atoms with Gasteiger partial charge in [0, 0.05) is 32.4 Å². The van der Waals surface area contributed by atoms with Crippen molar-refractivity contribution in [3.05, 3.63) is 36.8 Å². The molecule has 1 aliphatic rings. The van der Waals surface area contributed by atoms with Crippen molar-refractivity contribution in [2.24, 2.45) is 0 Å². The Bertz CT molecular complexity index is 758. The second-order valence-electron chi connectivity index (χ2n) is 5.44. The highest BCUT2D eigenvalue weighted by Crippen LogP contribution is 2.16. The summed E-state index contributed by atoms with van der Waals surface area (Å²) in [6.07, 6.45) is 4.79. The molecule has 9 heteroatoms. The van der Waals surface area contributed by atoms with Crippen molar-refractivity contribution < 1.29 is 8.42 Å². The highest BCUT2D eigenvalue weighted by molar-refractivity contribution is 7.92. The van der Waals surface area contributed by atoms with E-state index in [9.17, 15) is 8.42 Å². The maximum atomic E-state index is 11.5. The van der Waals surface area contributed by atoms with Gasteiger partial charge < -0.3 is 9.80 Å². The van der Waals surface area contributed by atoms with Gasteiger partial charge in [-0.05, 0) is 19.1 Å². The van der Waals surface area contributed by atoms with Crippen molar-refractivity contribution in [1.82, 2.24) is 15.0 Å². The standard InChI is InChI=1S/C15H20N6O2S/c1-2-24(22,23)19-13-11-17-15(18-12-13)21-9-7-20(8-10-21)14-5-3-4-6-16-14/h3-6,11-12,19H,2,7-10H2,1H3. The van der Waals surface area contributed by atoms with Gasteiger partial charge in [-0.15, -0.1) is 0 Å². The van der Waals surface area contributed by atoms with E-state index in [0.29, 0.717) is 11.6 Å². The summed E-state index contributed by atoms with van der Waals surface area (Å²) < 4.78 is 25.5. The molecule has 1 saturated heterocycles. The zero-order valence-corrected chi connectivity index (χ0v) is 14.3. The first kappa shape index (κ1) is 16.4. The quantitative estimate of drug-likeness (QED) is 0.860. The first-order chi connectivity index (χ1) is 11.6. The molecule has 2 aromatic heterocycles. The fourth-order valence-corrected chi connectivity index (χ4v) is 3.07. The van der Waals surface area contributed by atoms with E-state index in [1.807, 2.05) is 18.2 Å². The fraction of sp³-hybridized carbons (Fsp3) is 0.400. The predicted molar refractivity (Wildman–Crippen MR) is 93.8 cm³/mol. The average Bonchev–Trinajstić information content (AvgIpc) is 2.63. The largest absolute Gasteiger partial charge is 0.353 e. The number of anilines is 3. The van der Waals surface area contributed by atoms with E-state index in [1.54, 1.807) is 13.1 Å². The second-order valence-corrected chi connectivity index (χ2v) is 7.45. The van der Waals surface area contributed by atoms with Gasteiger partial charge in [0.15, 0.2) is 0 Å². The van der Waals surface area contributed by atoms with Crippen LogP contribution in [0, 0.1) is 0 Å². The number of pyridine rings is 1. The Balaban J connectivity index is 1.60. The van der Waals surface area contributed by atoms with Crippen LogP contribution in [0.1, 0.15) is 6.92 Å². The SMILES string of the molecule is CCS(=O)(=O)Nc1cnc(N2CCN(c3ccccn3)CC2)nc1. The number of hydrogen-bond acceptors (Lipinski definition) is 7. The van der Waals surface area contributed by atoms with Crippen LogP contribution in [0.2, 0.25) is 0 Å². The molecule has 0 aliphatic carbocycles. The van der Waals surface area contributed by atoms with Gasteiger partial charge >= 0.3 is 0 Å². The molecule has 24 heavy (non-hydrogen) atoms. The molecule has 8 nitrogen and oxygen atoms in total. The van der Waals surface area contributed by atoms with Crippen molar-refractivity contribution in [2.75, 3.05) is 46.5 Å². The summed E-state index contributed by atoms with van der Waals surface area (Å²) in [6.45, 7) is 4.83. The Hall–Kier alpha value is -2.42. The summed E-state index contributed by atoms with van der Waals surface area (Å²) in [4.78, 5) is 17.2. The lowest BCUT2D eigenvalue weighted by molar-refractivity contribution is 0.602. The van der Waals surface area contributed by atoms with Crippen LogP contribution in [0.15, 0.2) is 36.8 Å². The number of aromatic nitrogens is 3. The number of piperazine rings is 1. The molecule has 2 aromatic rings. The molecule has 0 spiro atoms. The lowest BCUT2D eigenvalue weighted by atomic mass is 10.3. The van der Waals surface area contributed by atoms with Crippen LogP contribution in [0.4, 0.5) is 17.5 Å². The van der Waals surface area contributed by atoms with Crippen molar-refractivity contribution in [1.29, 1.82) is 0 Å². The molecule has 0 amide bonds. The van der Waals surface area contributed by atoms with Crippen LogP contribution in [-0.4, -0.2) is 55.3 Å². The lowest BCUT2D eigenvalue weighted by Gasteiger charge is -2.35. The summed E-state index contributed by atoms with van der Waals surface area (Å²) >= 11 is 0. The minimum atomic E-state index is -3.31. The molecule has 0 saturated carbocycles. The summed E-state index contributed by atoms with van der Waals surface area (Å²) in [5, 5.41) is 0. The van der Waals surface area contributed by atoms with Gasteiger partial charge in [-0.2, -0.15) is 0 Å². The van der Waals surface area contributed by atoms with Gasteiger partial charge in [0.2, 0.25) is 16.0 Å². The topological polar surface area (TPSA) is 91.3 Å². The summed E-state index contributed by atoms with van der Waals surface area (Å²) in [5.41, 5.74) is 0.382. The molecule has 3 heterocycles. The molecular formula is C15H20N6O2S. The number of nitrogens with one attached hydrogen (secondary N) is 1. The molecule has 1 aliphatic heterocycles. The fourth-order valence-electron chi connectivity index (χ4n) is 2.47. The van der Waals surface area contributed by atoms with Crippen molar-refractivity contribution in [3.8, 4) is 0 Å². The monoisotopic (exact) mass is 348 g/mol. The molecule has 0 bridgehead atoms. The normalized spacial score (nSPS) is 15.4. The third-order valence-electron chi connectivity index (χ3n) is 3.83.